The molecule has 0 spiro atoms. The minimum absolute atomic E-state index is 0.409. The molecule has 0 aliphatic rings. The lowest BCUT2D eigenvalue weighted by Crippen LogP contribution is -2.22. The maximum atomic E-state index is 13.0. The Morgan fingerprint density at radius 1 is 1.38 bits per heavy atom. The number of benzene rings is 1. The molecule has 0 radical (unpaired) electrons. The third-order valence-corrected chi connectivity index (χ3v) is 1.75. The summed E-state index contributed by atoms with van der Waals surface area (Å²) in [7, 11) is 0. The Labute approximate surface area is 88.2 Å². The van der Waals surface area contributed by atoms with E-state index >= 15 is 0 Å². The van der Waals surface area contributed by atoms with Crippen LogP contribution in [0.4, 0.5) is 23.2 Å². The van der Waals surface area contributed by atoms with Crippen LogP contribution in [-0.4, -0.2) is 12.5 Å². The topological polar surface area (TPSA) is 55.1 Å². The highest BCUT2D eigenvalue weighted by atomic mass is 19.4. The van der Waals surface area contributed by atoms with Crippen molar-refractivity contribution in [2.24, 2.45) is 5.73 Å². The fourth-order valence-electron chi connectivity index (χ4n) is 1.02. The predicted octanol–water partition coefficient (Wildman–Crippen LogP) is 1.74. The summed E-state index contributed by atoms with van der Waals surface area (Å²) >= 11 is 0. The van der Waals surface area contributed by atoms with Gasteiger partial charge in [-0.15, -0.1) is 0 Å². The number of amides is 1. The average Bonchev–Trinajstić information content (AvgIpc) is 2.14. The third kappa shape index (κ3) is 3.11. The van der Waals surface area contributed by atoms with Gasteiger partial charge in [0.1, 0.15) is 5.82 Å². The molecule has 0 fully saturated rings. The minimum Gasteiger partial charge on any atom is -0.374 e. The summed E-state index contributed by atoms with van der Waals surface area (Å²) in [6.45, 7) is -0.432. The average molecular weight is 236 g/mol. The van der Waals surface area contributed by atoms with E-state index in [1.165, 1.54) is 0 Å². The number of halogens is 4. The van der Waals surface area contributed by atoms with Crippen molar-refractivity contribution in [1.82, 2.24) is 0 Å². The van der Waals surface area contributed by atoms with Gasteiger partial charge in [0.2, 0.25) is 5.91 Å². The van der Waals surface area contributed by atoms with Crippen molar-refractivity contribution in [1.29, 1.82) is 0 Å². The first-order valence-corrected chi connectivity index (χ1v) is 4.19. The first-order valence-electron chi connectivity index (χ1n) is 4.19. The maximum Gasteiger partial charge on any atom is 0.416 e. The SMILES string of the molecule is NC(=O)CNc1cc(C(F)(F)F)ccc1F. The van der Waals surface area contributed by atoms with E-state index in [0.29, 0.717) is 18.2 Å². The molecular formula is C9H8F4N2O. The Bertz CT molecular complexity index is 403. The Morgan fingerprint density at radius 2 is 2.00 bits per heavy atom. The van der Waals surface area contributed by atoms with Gasteiger partial charge in [0.05, 0.1) is 17.8 Å². The molecule has 0 heterocycles. The number of rotatable bonds is 3. The van der Waals surface area contributed by atoms with Crippen LogP contribution in [0.3, 0.4) is 0 Å². The molecule has 0 aromatic heterocycles. The molecule has 0 aliphatic carbocycles. The predicted molar refractivity (Wildman–Crippen MR) is 49.1 cm³/mol. The summed E-state index contributed by atoms with van der Waals surface area (Å²) in [6.07, 6.45) is -4.56. The second kappa shape index (κ2) is 4.38. The summed E-state index contributed by atoms with van der Waals surface area (Å²) in [5.41, 5.74) is 3.36. The first kappa shape index (κ1) is 12.3. The zero-order valence-corrected chi connectivity index (χ0v) is 7.94. The van der Waals surface area contributed by atoms with Crippen molar-refractivity contribution in [2.45, 2.75) is 6.18 Å². The number of nitrogens with two attached hydrogens (primary N) is 1. The summed E-state index contributed by atoms with van der Waals surface area (Å²) < 4.78 is 49.8. The van der Waals surface area contributed by atoms with Crippen LogP contribution in [0.5, 0.6) is 0 Å². The van der Waals surface area contributed by atoms with Crippen molar-refractivity contribution in [2.75, 3.05) is 11.9 Å². The summed E-state index contributed by atoms with van der Waals surface area (Å²) in [4.78, 5) is 10.4. The van der Waals surface area contributed by atoms with Gasteiger partial charge in [-0.3, -0.25) is 4.79 Å². The number of carbonyl (C=O) groups excluding carboxylic acids is 1. The van der Waals surface area contributed by atoms with Crippen molar-refractivity contribution in [3.8, 4) is 0 Å². The molecule has 1 aromatic rings. The number of carbonyl (C=O) groups is 1. The van der Waals surface area contributed by atoms with Crippen molar-refractivity contribution >= 4 is 11.6 Å². The Balaban J connectivity index is 2.95. The van der Waals surface area contributed by atoms with Gasteiger partial charge >= 0.3 is 6.18 Å². The molecule has 0 saturated carbocycles. The van der Waals surface area contributed by atoms with E-state index in [2.05, 4.69) is 5.32 Å². The molecular weight excluding hydrogens is 228 g/mol. The largest absolute Gasteiger partial charge is 0.416 e. The van der Waals surface area contributed by atoms with Gasteiger partial charge < -0.3 is 11.1 Å². The number of hydrogen-bond donors (Lipinski definition) is 2. The number of hydrogen-bond acceptors (Lipinski definition) is 2. The van der Waals surface area contributed by atoms with E-state index in [0.717, 1.165) is 0 Å². The van der Waals surface area contributed by atoms with E-state index in [9.17, 15) is 22.4 Å². The lowest BCUT2D eigenvalue weighted by Gasteiger charge is -2.10. The van der Waals surface area contributed by atoms with E-state index in [-0.39, 0.29) is 0 Å². The van der Waals surface area contributed by atoms with Gasteiger partial charge in [-0.05, 0) is 18.2 Å². The van der Waals surface area contributed by atoms with E-state index in [1.807, 2.05) is 0 Å². The van der Waals surface area contributed by atoms with Crippen molar-refractivity contribution < 1.29 is 22.4 Å². The fraction of sp³-hybridized carbons (Fsp3) is 0.222. The van der Waals surface area contributed by atoms with Crippen LogP contribution in [0, 0.1) is 5.82 Å². The lowest BCUT2D eigenvalue weighted by atomic mass is 10.2. The highest BCUT2D eigenvalue weighted by Crippen LogP contribution is 2.31. The molecule has 0 atom stereocenters. The number of anilines is 1. The number of primary amides is 1. The highest BCUT2D eigenvalue weighted by molar-refractivity contribution is 5.78. The molecule has 0 aliphatic heterocycles. The van der Waals surface area contributed by atoms with Gasteiger partial charge in [-0.25, -0.2) is 4.39 Å². The molecule has 16 heavy (non-hydrogen) atoms. The first-order chi connectivity index (χ1) is 7.30. The quantitative estimate of drug-likeness (QED) is 0.785. The van der Waals surface area contributed by atoms with E-state index < -0.39 is 35.7 Å². The molecule has 1 amide bonds. The van der Waals surface area contributed by atoms with Crippen LogP contribution >= 0.6 is 0 Å². The molecule has 0 unspecified atom stereocenters. The molecule has 3 N–H and O–H groups in total. The van der Waals surface area contributed by atoms with Crippen LogP contribution in [0.2, 0.25) is 0 Å². The Kier molecular flexibility index (Phi) is 3.36. The second-order valence-electron chi connectivity index (χ2n) is 3.01. The maximum absolute atomic E-state index is 13.0. The lowest BCUT2D eigenvalue weighted by molar-refractivity contribution is -0.137. The zero-order chi connectivity index (χ0) is 12.3. The van der Waals surface area contributed by atoms with Crippen molar-refractivity contribution in [3.63, 3.8) is 0 Å². The summed E-state index contributed by atoms with van der Waals surface area (Å²) in [5.74, 6) is -1.67. The van der Waals surface area contributed by atoms with Crippen LogP contribution in [0.15, 0.2) is 18.2 Å². The van der Waals surface area contributed by atoms with Gasteiger partial charge in [-0.2, -0.15) is 13.2 Å². The normalized spacial score (nSPS) is 11.2. The molecule has 0 bridgehead atoms. The number of alkyl halides is 3. The minimum atomic E-state index is -4.56. The Hall–Kier alpha value is -1.79. The Morgan fingerprint density at radius 3 is 2.50 bits per heavy atom. The molecule has 7 heteroatoms. The summed E-state index contributed by atoms with van der Waals surface area (Å²) in [6, 6.07) is 1.87. The smallest absolute Gasteiger partial charge is 0.374 e. The van der Waals surface area contributed by atoms with Crippen LogP contribution in [-0.2, 0) is 11.0 Å². The molecule has 3 nitrogen and oxygen atoms in total. The van der Waals surface area contributed by atoms with Gasteiger partial charge in [0.15, 0.2) is 0 Å². The second-order valence-corrected chi connectivity index (χ2v) is 3.01. The highest BCUT2D eigenvalue weighted by Gasteiger charge is 2.31. The monoisotopic (exact) mass is 236 g/mol. The molecule has 88 valence electrons. The standard InChI is InChI=1S/C9H8F4N2O/c10-6-2-1-5(9(11,12)13)3-7(6)15-4-8(14)16/h1-3,15H,4H2,(H2,14,16). The zero-order valence-electron chi connectivity index (χ0n) is 7.94. The molecule has 0 saturated heterocycles. The number of nitrogens with one attached hydrogen (secondary N) is 1. The van der Waals surface area contributed by atoms with Gasteiger partial charge in [-0.1, -0.05) is 0 Å². The van der Waals surface area contributed by atoms with Gasteiger partial charge in [0, 0.05) is 0 Å². The van der Waals surface area contributed by atoms with Crippen LogP contribution in [0.25, 0.3) is 0 Å². The van der Waals surface area contributed by atoms with E-state index in [4.69, 9.17) is 5.73 Å². The summed E-state index contributed by atoms with van der Waals surface area (Å²) in [5, 5.41) is 2.18. The van der Waals surface area contributed by atoms with Gasteiger partial charge in [0.25, 0.3) is 0 Å². The van der Waals surface area contributed by atoms with E-state index in [1.54, 1.807) is 0 Å². The van der Waals surface area contributed by atoms with Crippen molar-refractivity contribution in [3.05, 3.63) is 29.6 Å². The molecule has 1 aromatic carbocycles. The molecule has 1 rings (SSSR count). The fourth-order valence-corrected chi connectivity index (χ4v) is 1.02. The third-order valence-electron chi connectivity index (χ3n) is 1.75. The van der Waals surface area contributed by atoms with Crippen LogP contribution in [0.1, 0.15) is 5.56 Å². The van der Waals surface area contributed by atoms with Crippen LogP contribution < -0.4 is 11.1 Å².